The molecule has 0 aromatic heterocycles. The van der Waals surface area contributed by atoms with E-state index in [-0.39, 0.29) is 0 Å². The molecule has 1 aromatic carbocycles. The Hall–Kier alpha value is -1.51. The lowest BCUT2D eigenvalue weighted by atomic mass is 10.2. The van der Waals surface area contributed by atoms with Crippen LogP contribution in [0.4, 0.5) is 0 Å². The molecular weight excluding hydrogens is 210 g/mol. The molecule has 0 saturated heterocycles. The van der Waals surface area contributed by atoms with Crippen molar-refractivity contribution in [1.82, 2.24) is 10.2 Å². The van der Waals surface area contributed by atoms with Gasteiger partial charge in [0, 0.05) is 20.6 Å². The second kappa shape index (κ2) is 6.94. The first-order chi connectivity index (χ1) is 8.09. The zero-order valence-electron chi connectivity index (χ0n) is 11.3. The third-order valence-corrected chi connectivity index (χ3v) is 2.35. The lowest BCUT2D eigenvalue weighted by Gasteiger charge is -2.18. The van der Waals surface area contributed by atoms with Gasteiger partial charge in [0.25, 0.3) is 0 Å². The van der Waals surface area contributed by atoms with E-state index in [0.29, 0.717) is 5.92 Å². The van der Waals surface area contributed by atoms with Gasteiger partial charge in [0.2, 0.25) is 0 Å². The van der Waals surface area contributed by atoms with Crippen LogP contribution in [0.5, 0.6) is 0 Å². The molecule has 0 saturated carbocycles. The van der Waals surface area contributed by atoms with Crippen molar-refractivity contribution in [2.75, 3.05) is 20.6 Å². The van der Waals surface area contributed by atoms with Gasteiger partial charge in [-0.2, -0.15) is 0 Å². The fourth-order valence-corrected chi connectivity index (χ4v) is 1.40. The number of aliphatic imine (C=N–C) groups is 1. The fourth-order valence-electron chi connectivity index (χ4n) is 1.40. The van der Waals surface area contributed by atoms with Gasteiger partial charge in [-0.15, -0.1) is 0 Å². The summed E-state index contributed by atoms with van der Waals surface area (Å²) in [7, 11) is 4.02. The molecule has 0 atom stereocenters. The topological polar surface area (TPSA) is 27.6 Å². The monoisotopic (exact) mass is 233 g/mol. The molecule has 0 amide bonds. The summed E-state index contributed by atoms with van der Waals surface area (Å²) in [6, 6.07) is 10.3. The minimum atomic E-state index is 0.622. The van der Waals surface area contributed by atoms with Crippen LogP contribution in [0.3, 0.4) is 0 Å². The van der Waals surface area contributed by atoms with Gasteiger partial charge in [-0.3, -0.25) is 0 Å². The smallest absolute Gasteiger partial charge is 0.193 e. The Morgan fingerprint density at radius 2 is 1.88 bits per heavy atom. The second-order valence-corrected chi connectivity index (χ2v) is 4.79. The average molecular weight is 233 g/mol. The van der Waals surface area contributed by atoms with Gasteiger partial charge in [-0.1, -0.05) is 44.2 Å². The maximum Gasteiger partial charge on any atom is 0.193 e. The number of nitrogens with zero attached hydrogens (tertiary/aromatic N) is 2. The largest absolute Gasteiger partial charge is 0.356 e. The average Bonchev–Trinajstić information content (AvgIpc) is 2.29. The van der Waals surface area contributed by atoms with Crippen molar-refractivity contribution in [1.29, 1.82) is 0 Å². The number of benzene rings is 1. The van der Waals surface area contributed by atoms with Crippen LogP contribution < -0.4 is 5.32 Å². The fraction of sp³-hybridized carbons (Fsp3) is 0.500. The standard InChI is InChI=1S/C14H23N3/c1-12(2)10-15-14(17(3)4)16-11-13-8-6-5-7-9-13/h5-9,12H,10-11H2,1-4H3,(H,15,16). The van der Waals surface area contributed by atoms with Gasteiger partial charge in [0.15, 0.2) is 5.96 Å². The molecule has 1 aromatic rings. The van der Waals surface area contributed by atoms with Crippen molar-refractivity contribution in [3.05, 3.63) is 35.9 Å². The molecule has 1 N–H and O–H groups in total. The number of rotatable bonds is 4. The maximum atomic E-state index is 4.60. The molecule has 1 rings (SSSR count). The van der Waals surface area contributed by atoms with Crippen LogP contribution in [0.25, 0.3) is 0 Å². The molecule has 0 fully saturated rings. The predicted molar refractivity (Wildman–Crippen MR) is 74.1 cm³/mol. The molecule has 0 aliphatic heterocycles. The van der Waals surface area contributed by atoms with E-state index >= 15 is 0 Å². The molecule has 0 spiro atoms. The van der Waals surface area contributed by atoms with Crippen molar-refractivity contribution < 1.29 is 0 Å². The van der Waals surface area contributed by atoms with Crippen molar-refractivity contribution in [2.45, 2.75) is 20.4 Å². The zero-order valence-corrected chi connectivity index (χ0v) is 11.3. The third kappa shape index (κ3) is 5.38. The van der Waals surface area contributed by atoms with Crippen LogP contribution in [0.1, 0.15) is 19.4 Å². The zero-order chi connectivity index (χ0) is 12.7. The summed E-state index contributed by atoms with van der Waals surface area (Å²) in [6.07, 6.45) is 0. The molecule has 0 heterocycles. The Morgan fingerprint density at radius 1 is 1.24 bits per heavy atom. The Bertz CT molecular complexity index is 342. The number of nitrogens with one attached hydrogen (secondary N) is 1. The Balaban J connectivity index is 2.58. The van der Waals surface area contributed by atoms with Crippen molar-refractivity contribution >= 4 is 5.96 Å². The van der Waals surface area contributed by atoms with Crippen molar-refractivity contribution in [3.8, 4) is 0 Å². The van der Waals surface area contributed by atoms with E-state index in [2.05, 4.69) is 36.3 Å². The van der Waals surface area contributed by atoms with Gasteiger partial charge >= 0.3 is 0 Å². The van der Waals surface area contributed by atoms with Crippen LogP contribution in [0.15, 0.2) is 35.3 Å². The summed E-state index contributed by atoms with van der Waals surface area (Å²) in [4.78, 5) is 6.62. The highest BCUT2D eigenvalue weighted by atomic mass is 15.3. The second-order valence-electron chi connectivity index (χ2n) is 4.79. The molecule has 3 heteroatoms. The summed E-state index contributed by atoms with van der Waals surface area (Å²) in [5.74, 6) is 1.57. The van der Waals surface area contributed by atoms with E-state index in [4.69, 9.17) is 0 Å². The third-order valence-electron chi connectivity index (χ3n) is 2.35. The molecule has 0 unspecified atom stereocenters. The molecule has 0 bridgehead atoms. The number of hydrogen-bond acceptors (Lipinski definition) is 1. The Morgan fingerprint density at radius 3 is 2.41 bits per heavy atom. The first kappa shape index (κ1) is 13.6. The van der Waals surface area contributed by atoms with Crippen LogP contribution in [-0.2, 0) is 6.54 Å². The first-order valence-corrected chi connectivity index (χ1v) is 6.09. The number of guanidine groups is 1. The predicted octanol–water partition coefficient (Wildman–Crippen LogP) is 2.35. The van der Waals surface area contributed by atoms with Crippen molar-refractivity contribution in [3.63, 3.8) is 0 Å². The number of hydrogen-bond donors (Lipinski definition) is 1. The molecule has 3 nitrogen and oxygen atoms in total. The van der Waals surface area contributed by atoms with E-state index in [0.717, 1.165) is 19.0 Å². The van der Waals surface area contributed by atoms with Crippen LogP contribution >= 0.6 is 0 Å². The van der Waals surface area contributed by atoms with E-state index in [9.17, 15) is 0 Å². The van der Waals surface area contributed by atoms with Crippen molar-refractivity contribution in [2.24, 2.45) is 10.9 Å². The summed E-state index contributed by atoms with van der Waals surface area (Å²) in [6.45, 7) is 6.06. The molecule has 94 valence electrons. The first-order valence-electron chi connectivity index (χ1n) is 6.09. The molecule has 0 radical (unpaired) electrons. The van der Waals surface area contributed by atoms with E-state index in [1.54, 1.807) is 0 Å². The lowest BCUT2D eigenvalue weighted by molar-refractivity contribution is 0.546. The van der Waals surface area contributed by atoms with Gasteiger partial charge in [-0.25, -0.2) is 4.99 Å². The SMILES string of the molecule is CC(C)CNC(=NCc1ccccc1)N(C)C. The van der Waals surface area contributed by atoms with E-state index in [1.807, 2.05) is 37.2 Å². The minimum Gasteiger partial charge on any atom is -0.356 e. The van der Waals surface area contributed by atoms with Gasteiger partial charge in [0.05, 0.1) is 6.54 Å². The molecular formula is C14H23N3. The highest BCUT2D eigenvalue weighted by molar-refractivity contribution is 5.79. The molecule has 0 aliphatic carbocycles. The quantitative estimate of drug-likeness (QED) is 0.638. The summed E-state index contributed by atoms with van der Waals surface area (Å²) in [5, 5.41) is 3.36. The van der Waals surface area contributed by atoms with E-state index in [1.165, 1.54) is 5.56 Å². The van der Waals surface area contributed by atoms with Gasteiger partial charge in [-0.05, 0) is 11.5 Å². The highest BCUT2D eigenvalue weighted by Gasteiger charge is 2.02. The maximum absolute atomic E-state index is 4.60. The summed E-state index contributed by atoms with van der Waals surface area (Å²) < 4.78 is 0. The van der Waals surface area contributed by atoms with Crippen LogP contribution in [0, 0.1) is 5.92 Å². The summed E-state index contributed by atoms with van der Waals surface area (Å²) >= 11 is 0. The van der Waals surface area contributed by atoms with E-state index < -0.39 is 0 Å². The Labute approximate surface area is 105 Å². The van der Waals surface area contributed by atoms with Gasteiger partial charge in [0.1, 0.15) is 0 Å². The Kier molecular flexibility index (Phi) is 5.53. The molecule has 0 aliphatic rings. The van der Waals surface area contributed by atoms with Gasteiger partial charge < -0.3 is 10.2 Å². The summed E-state index contributed by atoms with van der Waals surface area (Å²) in [5.41, 5.74) is 1.23. The normalized spacial score (nSPS) is 11.7. The molecule has 17 heavy (non-hydrogen) atoms. The van der Waals surface area contributed by atoms with Crippen LogP contribution in [0.2, 0.25) is 0 Å². The highest BCUT2D eigenvalue weighted by Crippen LogP contribution is 2.00. The lowest BCUT2D eigenvalue weighted by Crippen LogP contribution is -2.38. The minimum absolute atomic E-state index is 0.622. The van der Waals surface area contributed by atoms with Crippen LogP contribution in [-0.4, -0.2) is 31.5 Å².